The van der Waals surface area contributed by atoms with Gasteiger partial charge < -0.3 is 9.84 Å². The van der Waals surface area contributed by atoms with Gasteiger partial charge in [-0.15, -0.1) is 0 Å². The lowest BCUT2D eigenvalue weighted by molar-refractivity contribution is -0.117. The van der Waals surface area contributed by atoms with Crippen LogP contribution in [-0.4, -0.2) is 17.7 Å². The number of epoxide rings is 1. The van der Waals surface area contributed by atoms with Crippen molar-refractivity contribution in [3.05, 3.63) is 57.9 Å². The van der Waals surface area contributed by atoms with E-state index in [9.17, 15) is 9.90 Å². The minimum Gasteiger partial charge on any atom is -0.413 e. The van der Waals surface area contributed by atoms with E-state index >= 15 is 0 Å². The summed E-state index contributed by atoms with van der Waals surface area (Å²) in [7, 11) is 0. The van der Waals surface area contributed by atoms with Gasteiger partial charge in [0.15, 0.2) is 0 Å². The molecule has 0 radical (unpaired) electrons. The molecular weight excluding hydrogens is 300 g/mol. The fourth-order valence-corrected chi connectivity index (χ4v) is 3.25. The standard InChI is InChI=1S/C21H28O3/c1-14(8-10-17(13-22)16(3)19-20(23)24-19)9-11-18-15(2)7-6-12-21(18,4)5/h8-11,22H,6-7,12-13H2,1-5H3. The maximum absolute atomic E-state index is 11.0. The summed E-state index contributed by atoms with van der Waals surface area (Å²) in [4.78, 5) is 11.0. The maximum atomic E-state index is 11.0. The third-order valence-corrected chi connectivity index (χ3v) is 4.93. The van der Waals surface area contributed by atoms with Gasteiger partial charge >= 0.3 is 5.97 Å². The van der Waals surface area contributed by atoms with Crippen molar-refractivity contribution in [2.24, 2.45) is 5.41 Å². The molecule has 0 unspecified atom stereocenters. The SMILES string of the molecule is CC(C=CC1=C(C)CCCC1(C)C)=CC=C(CO)C(C)=C1OC1=O. The van der Waals surface area contributed by atoms with Crippen LogP contribution in [0, 0.1) is 5.41 Å². The number of hydrogen-bond donors (Lipinski definition) is 1. The first-order chi connectivity index (χ1) is 11.3. The Kier molecular flexibility index (Phi) is 5.66. The van der Waals surface area contributed by atoms with Gasteiger partial charge in [-0.1, -0.05) is 49.3 Å². The van der Waals surface area contributed by atoms with Gasteiger partial charge in [-0.25, -0.2) is 4.79 Å². The van der Waals surface area contributed by atoms with Gasteiger partial charge in [0.05, 0.1) is 6.61 Å². The van der Waals surface area contributed by atoms with Crippen LogP contribution in [0.1, 0.15) is 53.9 Å². The molecule has 1 heterocycles. The minimum atomic E-state index is -0.297. The number of carbonyl (C=O) groups excluding carboxylic acids is 1. The predicted molar refractivity (Wildman–Crippen MR) is 97.2 cm³/mol. The molecule has 0 aromatic rings. The lowest BCUT2D eigenvalue weighted by atomic mass is 9.72. The summed E-state index contributed by atoms with van der Waals surface area (Å²) >= 11 is 0. The Hall–Kier alpha value is -1.87. The Morgan fingerprint density at radius 3 is 2.50 bits per heavy atom. The molecule has 3 nitrogen and oxygen atoms in total. The van der Waals surface area contributed by atoms with Crippen LogP contribution < -0.4 is 0 Å². The molecule has 0 aromatic carbocycles. The Bertz CT molecular complexity index is 682. The van der Waals surface area contributed by atoms with E-state index in [0.717, 1.165) is 5.57 Å². The molecule has 1 aliphatic heterocycles. The zero-order valence-electron chi connectivity index (χ0n) is 15.4. The van der Waals surface area contributed by atoms with Crippen LogP contribution in [0.15, 0.2) is 57.9 Å². The molecular formula is C21H28O3. The van der Waals surface area contributed by atoms with Gasteiger partial charge in [0.25, 0.3) is 0 Å². The molecule has 0 saturated carbocycles. The van der Waals surface area contributed by atoms with Crippen molar-refractivity contribution in [3.63, 3.8) is 0 Å². The van der Waals surface area contributed by atoms with Crippen molar-refractivity contribution >= 4 is 5.97 Å². The highest BCUT2D eigenvalue weighted by Gasteiger charge is 2.33. The zero-order valence-corrected chi connectivity index (χ0v) is 15.4. The third kappa shape index (κ3) is 4.35. The first kappa shape index (κ1) is 18.5. The molecule has 2 rings (SSSR count). The van der Waals surface area contributed by atoms with Crippen molar-refractivity contribution in [3.8, 4) is 0 Å². The van der Waals surface area contributed by atoms with E-state index in [0.29, 0.717) is 16.9 Å². The maximum Gasteiger partial charge on any atom is 0.380 e. The summed E-state index contributed by atoms with van der Waals surface area (Å²) in [6.45, 7) is 10.6. The van der Waals surface area contributed by atoms with Crippen LogP contribution in [0.2, 0.25) is 0 Å². The number of ether oxygens (including phenoxy) is 1. The first-order valence-electron chi connectivity index (χ1n) is 8.56. The molecule has 3 heteroatoms. The van der Waals surface area contributed by atoms with Crippen LogP contribution in [0.25, 0.3) is 0 Å². The van der Waals surface area contributed by atoms with Crippen molar-refractivity contribution in [1.82, 2.24) is 0 Å². The van der Waals surface area contributed by atoms with Gasteiger partial charge in [0, 0.05) is 5.57 Å². The molecule has 1 fully saturated rings. The second-order valence-electron chi connectivity index (χ2n) is 7.37. The van der Waals surface area contributed by atoms with Gasteiger partial charge in [0.2, 0.25) is 5.76 Å². The van der Waals surface area contributed by atoms with Crippen LogP contribution in [0.5, 0.6) is 0 Å². The molecule has 0 aromatic heterocycles. The topological polar surface area (TPSA) is 49.8 Å². The van der Waals surface area contributed by atoms with Gasteiger partial charge in [-0.2, -0.15) is 0 Å². The summed E-state index contributed by atoms with van der Waals surface area (Å²) in [6.07, 6.45) is 11.8. The lowest BCUT2D eigenvalue weighted by Gasteiger charge is -2.32. The van der Waals surface area contributed by atoms with Crippen LogP contribution in [0.4, 0.5) is 0 Å². The smallest absolute Gasteiger partial charge is 0.380 e. The van der Waals surface area contributed by atoms with Crippen molar-refractivity contribution in [2.45, 2.75) is 53.9 Å². The van der Waals surface area contributed by atoms with E-state index in [1.54, 1.807) is 6.92 Å². The number of hydrogen-bond acceptors (Lipinski definition) is 3. The van der Waals surface area contributed by atoms with Gasteiger partial charge in [0.1, 0.15) is 0 Å². The van der Waals surface area contributed by atoms with Crippen molar-refractivity contribution in [1.29, 1.82) is 0 Å². The Morgan fingerprint density at radius 1 is 1.29 bits per heavy atom. The van der Waals surface area contributed by atoms with Crippen LogP contribution in [-0.2, 0) is 9.53 Å². The minimum absolute atomic E-state index is 0.114. The molecule has 2 aliphatic rings. The molecule has 0 atom stereocenters. The van der Waals surface area contributed by atoms with Crippen molar-refractivity contribution < 1.29 is 14.6 Å². The molecule has 0 bridgehead atoms. The number of aliphatic hydroxyl groups is 1. The second-order valence-corrected chi connectivity index (χ2v) is 7.37. The average Bonchev–Trinajstić information content (AvgIpc) is 3.23. The van der Waals surface area contributed by atoms with Gasteiger partial charge in [-0.05, 0) is 56.6 Å². The first-order valence-corrected chi connectivity index (χ1v) is 8.56. The molecule has 1 N–H and O–H groups in total. The average molecular weight is 328 g/mol. The van der Waals surface area contributed by atoms with Crippen LogP contribution >= 0.6 is 0 Å². The summed E-state index contributed by atoms with van der Waals surface area (Å²) in [5.41, 5.74) is 5.66. The van der Waals surface area contributed by atoms with Crippen molar-refractivity contribution in [2.75, 3.05) is 6.61 Å². The number of allylic oxidation sites excluding steroid dienone is 7. The Balaban J connectivity index is 2.16. The third-order valence-electron chi connectivity index (χ3n) is 4.93. The van der Waals surface area contributed by atoms with E-state index < -0.39 is 0 Å². The number of aliphatic hydroxyl groups excluding tert-OH is 1. The van der Waals surface area contributed by atoms with E-state index in [2.05, 4.69) is 32.9 Å². The zero-order chi connectivity index (χ0) is 17.9. The van der Waals surface area contributed by atoms with E-state index in [1.165, 1.54) is 30.4 Å². The number of cyclic esters (lactones) is 1. The monoisotopic (exact) mass is 328 g/mol. The molecule has 24 heavy (non-hydrogen) atoms. The fraction of sp³-hybridized carbons (Fsp3) is 0.476. The molecule has 130 valence electrons. The predicted octanol–water partition coefficient (Wildman–Crippen LogP) is 4.77. The highest BCUT2D eigenvalue weighted by atomic mass is 16.6. The fourth-order valence-electron chi connectivity index (χ4n) is 3.25. The summed E-state index contributed by atoms with van der Waals surface area (Å²) in [5.74, 6) is 0.0658. The largest absolute Gasteiger partial charge is 0.413 e. The number of carbonyl (C=O) groups is 1. The normalized spacial score (nSPS) is 23.7. The quantitative estimate of drug-likeness (QED) is 0.449. The van der Waals surface area contributed by atoms with Crippen LogP contribution in [0.3, 0.4) is 0 Å². The molecule has 0 amide bonds. The van der Waals surface area contributed by atoms with E-state index in [4.69, 9.17) is 4.74 Å². The number of rotatable bonds is 5. The molecule has 0 spiro atoms. The Morgan fingerprint density at radius 2 is 1.96 bits per heavy atom. The van der Waals surface area contributed by atoms with Gasteiger partial charge in [-0.3, -0.25) is 0 Å². The van der Waals surface area contributed by atoms with E-state index in [-0.39, 0.29) is 18.0 Å². The highest BCUT2D eigenvalue weighted by Crippen LogP contribution is 2.40. The lowest BCUT2D eigenvalue weighted by Crippen LogP contribution is -2.19. The molecule has 1 saturated heterocycles. The van der Waals surface area contributed by atoms with E-state index in [1.807, 2.05) is 19.1 Å². The summed E-state index contributed by atoms with van der Waals surface area (Å²) in [5, 5.41) is 9.49. The Labute approximate surface area is 145 Å². The summed E-state index contributed by atoms with van der Waals surface area (Å²) < 4.78 is 4.78. The molecule has 1 aliphatic carbocycles. The highest BCUT2D eigenvalue weighted by molar-refractivity contribution is 6.02. The second kappa shape index (κ2) is 7.35. The summed E-state index contributed by atoms with van der Waals surface area (Å²) in [6, 6.07) is 0.